The van der Waals surface area contributed by atoms with Gasteiger partial charge < -0.3 is 5.73 Å². The van der Waals surface area contributed by atoms with Crippen LogP contribution in [0.15, 0.2) is 12.1 Å². The van der Waals surface area contributed by atoms with Crippen LogP contribution in [0.1, 0.15) is 43.7 Å². The number of primary amides is 1. The molecule has 1 saturated heterocycles. The summed E-state index contributed by atoms with van der Waals surface area (Å²) in [6, 6.07) is 1.72. The van der Waals surface area contributed by atoms with Crippen molar-refractivity contribution in [2.24, 2.45) is 5.73 Å². The summed E-state index contributed by atoms with van der Waals surface area (Å²) in [5.41, 5.74) is 4.12. The first kappa shape index (κ1) is 17.3. The third-order valence-corrected chi connectivity index (χ3v) is 7.08. The number of amides is 1. The second kappa shape index (κ2) is 5.77. The first-order valence-electron chi connectivity index (χ1n) is 7.95. The van der Waals surface area contributed by atoms with Crippen LogP contribution in [0.3, 0.4) is 0 Å². The third-order valence-electron chi connectivity index (χ3n) is 5.07. The summed E-state index contributed by atoms with van der Waals surface area (Å²) in [5.74, 6) is -2.08. The maximum absolute atomic E-state index is 14.4. The topological polar surface area (TPSA) is 80.5 Å². The molecule has 1 aliphatic heterocycles. The van der Waals surface area contributed by atoms with Crippen LogP contribution in [0.5, 0.6) is 0 Å². The van der Waals surface area contributed by atoms with E-state index in [1.54, 1.807) is 6.92 Å². The summed E-state index contributed by atoms with van der Waals surface area (Å²) in [6.07, 6.45) is 2.05. The third kappa shape index (κ3) is 2.82. The zero-order valence-corrected chi connectivity index (χ0v) is 14.2. The van der Waals surface area contributed by atoms with E-state index in [2.05, 4.69) is 0 Å². The molecule has 0 bridgehead atoms. The lowest BCUT2D eigenvalue weighted by atomic mass is 9.93. The number of rotatable bonds is 4. The van der Waals surface area contributed by atoms with Crippen LogP contribution < -0.4 is 5.73 Å². The summed E-state index contributed by atoms with van der Waals surface area (Å²) < 4.78 is 54.4. The number of carbonyl (C=O) groups excluding carboxylic acids is 1. The summed E-state index contributed by atoms with van der Waals surface area (Å²) in [7, 11) is -3.47. The predicted octanol–water partition coefficient (Wildman–Crippen LogP) is 1.80. The van der Waals surface area contributed by atoms with Gasteiger partial charge in [-0.15, -0.1) is 0 Å². The molecule has 2 fully saturated rings. The van der Waals surface area contributed by atoms with E-state index in [0.29, 0.717) is 25.7 Å². The molecule has 1 aromatic rings. The van der Waals surface area contributed by atoms with E-state index >= 15 is 0 Å². The lowest BCUT2D eigenvalue weighted by Crippen LogP contribution is -2.43. The number of hydrogen-bond acceptors (Lipinski definition) is 3. The van der Waals surface area contributed by atoms with Crippen molar-refractivity contribution < 1.29 is 22.0 Å². The van der Waals surface area contributed by atoms with Crippen molar-refractivity contribution in [3.63, 3.8) is 0 Å². The highest BCUT2D eigenvalue weighted by molar-refractivity contribution is 7.89. The van der Waals surface area contributed by atoms with Crippen molar-refractivity contribution >= 4 is 15.9 Å². The Morgan fingerprint density at radius 2 is 2.00 bits per heavy atom. The Bertz CT molecular complexity index is 791. The zero-order valence-electron chi connectivity index (χ0n) is 13.4. The molecule has 0 radical (unpaired) electrons. The highest BCUT2D eigenvalue weighted by Gasteiger charge is 2.52. The van der Waals surface area contributed by atoms with Crippen LogP contribution in [-0.4, -0.2) is 30.4 Å². The molecule has 2 aliphatic rings. The van der Waals surface area contributed by atoms with Crippen LogP contribution >= 0.6 is 0 Å². The van der Waals surface area contributed by atoms with Crippen LogP contribution in [0, 0.1) is 11.6 Å². The van der Waals surface area contributed by atoms with Gasteiger partial charge in [-0.1, -0.05) is 0 Å². The Morgan fingerprint density at radius 1 is 1.33 bits per heavy atom. The molecule has 2 N–H and O–H groups in total. The molecule has 132 valence electrons. The van der Waals surface area contributed by atoms with Gasteiger partial charge >= 0.3 is 0 Å². The van der Waals surface area contributed by atoms with Gasteiger partial charge in [0.1, 0.15) is 11.6 Å². The number of carbonyl (C=O) groups is 1. The molecule has 1 atom stereocenters. The largest absolute Gasteiger partial charge is 0.369 e. The minimum absolute atomic E-state index is 0.0182. The highest BCUT2D eigenvalue weighted by atomic mass is 32.2. The van der Waals surface area contributed by atoms with Gasteiger partial charge in [0, 0.05) is 23.7 Å². The summed E-state index contributed by atoms with van der Waals surface area (Å²) in [6.45, 7) is 1.54. The number of hydrogen-bond donors (Lipinski definition) is 1. The van der Waals surface area contributed by atoms with E-state index in [9.17, 15) is 22.0 Å². The first-order valence-corrected chi connectivity index (χ1v) is 9.56. The lowest BCUT2D eigenvalue weighted by molar-refractivity contribution is -0.120. The van der Waals surface area contributed by atoms with Crippen molar-refractivity contribution in [1.82, 2.24) is 4.31 Å². The van der Waals surface area contributed by atoms with Crippen LogP contribution in [0.2, 0.25) is 0 Å². The maximum Gasteiger partial charge on any atom is 0.228 e. The Hall–Kier alpha value is -1.54. The summed E-state index contributed by atoms with van der Waals surface area (Å²) in [4.78, 5) is 11.5. The standard InChI is InChI=1S/C16H20F2N2O3S/c1-10-3-2-6-24(22,23)20(10)9-11-7-14(18)12(8-13(11)17)16(4-5-16)15(19)21/h7-8,10H,2-6,9H2,1H3,(H2,19,21)/t10-/m0/s1. The van der Waals surface area contributed by atoms with E-state index in [0.717, 1.165) is 12.1 Å². The van der Waals surface area contributed by atoms with Gasteiger partial charge in [0.25, 0.3) is 0 Å². The van der Waals surface area contributed by atoms with Crippen LogP contribution in [0.4, 0.5) is 8.78 Å². The molecule has 0 aromatic heterocycles. The van der Waals surface area contributed by atoms with Crippen LogP contribution in [0.25, 0.3) is 0 Å². The molecule has 1 amide bonds. The van der Waals surface area contributed by atoms with E-state index in [1.807, 2.05) is 0 Å². The summed E-state index contributed by atoms with van der Waals surface area (Å²) in [5, 5.41) is 0. The molecule has 24 heavy (non-hydrogen) atoms. The second-order valence-corrected chi connectivity index (χ2v) is 8.76. The van der Waals surface area contributed by atoms with Gasteiger partial charge in [0.2, 0.25) is 15.9 Å². The maximum atomic E-state index is 14.4. The Kier molecular flexibility index (Phi) is 4.16. The Morgan fingerprint density at radius 3 is 2.54 bits per heavy atom. The lowest BCUT2D eigenvalue weighted by Gasteiger charge is -2.32. The average molecular weight is 358 g/mol. The van der Waals surface area contributed by atoms with Gasteiger partial charge in [-0.2, -0.15) is 4.31 Å². The van der Waals surface area contributed by atoms with Gasteiger partial charge in [0.15, 0.2) is 0 Å². The molecule has 5 nitrogen and oxygen atoms in total. The molecule has 3 rings (SSSR count). The fourth-order valence-electron chi connectivity index (χ4n) is 3.37. The minimum Gasteiger partial charge on any atom is -0.369 e. The number of halogens is 2. The van der Waals surface area contributed by atoms with E-state index in [1.165, 1.54) is 4.31 Å². The second-order valence-electron chi connectivity index (χ2n) is 6.72. The SMILES string of the molecule is C[C@H]1CCCS(=O)(=O)N1Cc1cc(F)c(C2(C(N)=O)CC2)cc1F. The monoisotopic (exact) mass is 358 g/mol. The van der Waals surface area contributed by atoms with Crippen molar-refractivity contribution in [1.29, 1.82) is 0 Å². The average Bonchev–Trinajstić information content (AvgIpc) is 3.27. The number of nitrogens with zero attached hydrogens (tertiary/aromatic N) is 1. The molecular formula is C16H20F2N2O3S. The van der Waals surface area contributed by atoms with Gasteiger partial charge in [-0.25, -0.2) is 17.2 Å². The fraction of sp³-hybridized carbons (Fsp3) is 0.562. The van der Waals surface area contributed by atoms with Gasteiger partial charge in [-0.05, 0) is 44.7 Å². The van der Waals surface area contributed by atoms with Gasteiger partial charge in [0.05, 0.1) is 11.2 Å². The van der Waals surface area contributed by atoms with Crippen molar-refractivity contribution in [2.45, 2.75) is 50.6 Å². The quantitative estimate of drug-likeness (QED) is 0.891. The zero-order chi connectivity index (χ0) is 17.7. The van der Waals surface area contributed by atoms with Crippen molar-refractivity contribution in [3.05, 3.63) is 34.9 Å². The molecule has 1 aromatic carbocycles. The molecule has 1 aliphatic carbocycles. The number of nitrogens with two attached hydrogens (primary N) is 1. The number of benzene rings is 1. The Balaban J connectivity index is 1.93. The molecule has 0 spiro atoms. The normalized spacial score (nSPS) is 25.4. The van der Waals surface area contributed by atoms with E-state index in [-0.39, 0.29) is 29.5 Å². The van der Waals surface area contributed by atoms with Gasteiger partial charge in [-0.3, -0.25) is 4.79 Å². The fourth-order valence-corrected chi connectivity index (χ4v) is 5.12. The number of sulfonamides is 1. The first-order chi connectivity index (χ1) is 11.2. The molecule has 8 heteroatoms. The van der Waals surface area contributed by atoms with Crippen LogP contribution in [-0.2, 0) is 26.8 Å². The van der Waals surface area contributed by atoms with E-state index in [4.69, 9.17) is 5.73 Å². The smallest absolute Gasteiger partial charge is 0.228 e. The van der Waals surface area contributed by atoms with E-state index < -0.39 is 33.0 Å². The van der Waals surface area contributed by atoms with Crippen molar-refractivity contribution in [3.8, 4) is 0 Å². The molecule has 0 unspecified atom stereocenters. The highest BCUT2D eigenvalue weighted by Crippen LogP contribution is 2.49. The predicted molar refractivity (Wildman–Crippen MR) is 84.5 cm³/mol. The summed E-state index contributed by atoms with van der Waals surface area (Å²) >= 11 is 0. The Labute approximate surface area is 139 Å². The molecule has 1 heterocycles. The minimum atomic E-state index is -3.47. The molecular weight excluding hydrogens is 338 g/mol. The van der Waals surface area contributed by atoms with Crippen molar-refractivity contribution in [2.75, 3.05) is 5.75 Å². The molecule has 1 saturated carbocycles.